The molecule has 0 radical (unpaired) electrons. The van der Waals surface area contributed by atoms with Crippen LogP contribution < -0.4 is 10.5 Å². The van der Waals surface area contributed by atoms with Crippen LogP contribution in [0.15, 0.2) is 27.6 Å². The summed E-state index contributed by atoms with van der Waals surface area (Å²) in [5.41, 5.74) is 4.87. The Morgan fingerprint density at radius 3 is 2.55 bits per heavy atom. The number of hydrogen-bond acceptors (Lipinski definition) is 3. The summed E-state index contributed by atoms with van der Waals surface area (Å²) in [6, 6.07) is 3.80. The monoisotopic (exact) mass is 366 g/mol. The maximum atomic E-state index is 13.7. The van der Waals surface area contributed by atoms with Gasteiger partial charge in [0, 0.05) is 16.6 Å². The van der Waals surface area contributed by atoms with Gasteiger partial charge in [-0.3, -0.25) is 0 Å². The molecule has 114 valence electrons. The second-order valence-corrected chi connectivity index (χ2v) is 8.11. The first-order chi connectivity index (χ1) is 9.09. The standard InChI is InChI=1S/C13H20BrFN2O2S/c1-9(2)7-13(3,8-16)17-20(18,19)12-6-10(14)4-5-11(12)15/h4-6,9,17H,7-8,16H2,1-3H3. The van der Waals surface area contributed by atoms with Crippen LogP contribution in [0.4, 0.5) is 4.39 Å². The Morgan fingerprint density at radius 2 is 2.05 bits per heavy atom. The summed E-state index contributed by atoms with van der Waals surface area (Å²) in [5, 5.41) is 0. The van der Waals surface area contributed by atoms with Crippen LogP contribution >= 0.6 is 15.9 Å². The molecule has 0 saturated carbocycles. The lowest BCUT2D eigenvalue weighted by Crippen LogP contribution is -2.52. The molecular formula is C13H20BrFN2O2S. The predicted octanol–water partition coefficient (Wildman–Crippen LogP) is 2.63. The van der Waals surface area contributed by atoms with Crippen LogP contribution in [0.3, 0.4) is 0 Å². The van der Waals surface area contributed by atoms with Gasteiger partial charge in [-0.2, -0.15) is 0 Å². The normalized spacial score (nSPS) is 15.3. The molecule has 0 aliphatic heterocycles. The Labute approximate surface area is 128 Å². The number of rotatable bonds is 6. The molecule has 0 fully saturated rings. The molecule has 3 N–H and O–H groups in total. The number of nitrogens with two attached hydrogens (primary N) is 1. The molecular weight excluding hydrogens is 347 g/mol. The third kappa shape index (κ3) is 4.51. The van der Waals surface area contributed by atoms with Gasteiger partial charge in [0.05, 0.1) is 0 Å². The van der Waals surface area contributed by atoms with Crippen LogP contribution in [0.1, 0.15) is 27.2 Å². The van der Waals surface area contributed by atoms with Crippen molar-refractivity contribution in [2.75, 3.05) is 6.54 Å². The average Bonchev–Trinajstić information content (AvgIpc) is 2.30. The third-order valence-electron chi connectivity index (χ3n) is 2.87. The minimum Gasteiger partial charge on any atom is -0.329 e. The second-order valence-electron chi connectivity index (χ2n) is 5.54. The molecule has 1 aromatic carbocycles. The van der Waals surface area contributed by atoms with Gasteiger partial charge in [-0.05, 0) is 37.5 Å². The van der Waals surface area contributed by atoms with Crippen LogP contribution in [-0.4, -0.2) is 20.5 Å². The van der Waals surface area contributed by atoms with E-state index in [0.29, 0.717) is 10.9 Å². The minimum absolute atomic E-state index is 0.139. The van der Waals surface area contributed by atoms with Gasteiger partial charge < -0.3 is 5.73 Å². The van der Waals surface area contributed by atoms with Gasteiger partial charge in [-0.15, -0.1) is 0 Å². The Balaban J connectivity index is 3.14. The van der Waals surface area contributed by atoms with Crippen molar-refractivity contribution in [1.29, 1.82) is 0 Å². The van der Waals surface area contributed by atoms with Crippen LogP contribution in [0.25, 0.3) is 0 Å². The fraction of sp³-hybridized carbons (Fsp3) is 0.538. The van der Waals surface area contributed by atoms with E-state index in [-0.39, 0.29) is 17.4 Å². The van der Waals surface area contributed by atoms with Gasteiger partial charge in [0.15, 0.2) is 0 Å². The van der Waals surface area contributed by atoms with E-state index in [9.17, 15) is 12.8 Å². The Hall–Kier alpha value is -0.500. The number of hydrogen-bond donors (Lipinski definition) is 2. The van der Waals surface area contributed by atoms with E-state index < -0.39 is 21.4 Å². The summed E-state index contributed by atoms with van der Waals surface area (Å²) in [5.74, 6) is -0.525. The summed E-state index contributed by atoms with van der Waals surface area (Å²) in [6.45, 7) is 5.81. The van der Waals surface area contributed by atoms with Crippen molar-refractivity contribution in [2.24, 2.45) is 11.7 Å². The van der Waals surface area contributed by atoms with Gasteiger partial charge in [0.1, 0.15) is 10.7 Å². The molecule has 0 saturated heterocycles. The Bertz CT molecular complexity index is 578. The second kappa shape index (κ2) is 6.51. The molecule has 0 aromatic heterocycles. The molecule has 0 bridgehead atoms. The average molecular weight is 367 g/mol. The van der Waals surface area contributed by atoms with E-state index in [4.69, 9.17) is 5.73 Å². The lowest BCUT2D eigenvalue weighted by atomic mass is 9.92. The number of nitrogens with one attached hydrogen (secondary N) is 1. The molecule has 4 nitrogen and oxygen atoms in total. The van der Waals surface area contributed by atoms with E-state index in [1.54, 1.807) is 6.92 Å². The van der Waals surface area contributed by atoms with Gasteiger partial charge in [-0.1, -0.05) is 29.8 Å². The van der Waals surface area contributed by atoms with Gasteiger partial charge in [0.25, 0.3) is 0 Å². The zero-order valence-corrected chi connectivity index (χ0v) is 14.2. The molecule has 20 heavy (non-hydrogen) atoms. The van der Waals surface area contributed by atoms with Gasteiger partial charge in [0.2, 0.25) is 10.0 Å². The number of sulfonamides is 1. The molecule has 0 amide bonds. The molecule has 0 aliphatic rings. The first-order valence-electron chi connectivity index (χ1n) is 6.29. The summed E-state index contributed by atoms with van der Waals surface area (Å²) < 4.78 is 41.4. The minimum atomic E-state index is -3.96. The fourth-order valence-electron chi connectivity index (χ4n) is 2.13. The van der Waals surface area contributed by atoms with E-state index in [0.717, 1.165) is 6.07 Å². The summed E-state index contributed by atoms with van der Waals surface area (Å²) in [4.78, 5) is -0.379. The van der Waals surface area contributed by atoms with E-state index >= 15 is 0 Å². The van der Waals surface area contributed by atoms with E-state index in [1.165, 1.54) is 12.1 Å². The van der Waals surface area contributed by atoms with Crippen molar-refractivity contribution in [1.82, 2.24) is 4.72 Å². The SMILES string of the molecule is CC(C)CC(C)(CN)NS(=O)(=O)c1cc(Br)ccc1F. The van der Waals surface area contributed by atoms with Crippen molar-refractivity contribution in [2.45, 2.75) is 37.6 Å². The van der Waals surface area contributed by atoms with Crippen LogP contribution in [0.5, 0.6) is 0 Å². The molecule has 0 spiro atoms. The Morgan fingerprint density at radius 1 is 1.45 bits per heavy atom. The van der Waals surface area contributed by atoms with Gasteiger partial charge >= 0.3 is 0 Å². The number of benzene rings is 1. The zero-order valence-electron chi connectivity index (χ0n) is 11.8. The quantitative estimate of drug-likeness (QED) is 0.812. The maximum Gasteiger partial charge on any atom is 0.244 e. The van der Waals surface area contributed by atoms with Crippen molar-refractivity contribution in [3.05, 3.63) is 28.5 Å². The van der Waals surface area contributed by atoms with E-state index in [2.05, 4.69) is 20.7 Å². The highest BCUT2D eigenvalue weighted by atomic mass is 79.9. The van der Waals surface area contributed by atoms with Crippen LogP contribution in [0, 0.1) is 11.7 Å². The summed E-state index contributed by atoms with van der Waals surface area (Å²) >= 11 is 3.14. The fourth-order valence-corrected chi connectivity index (χ4v) is 4.18. The highest BCUT2D eigenvalue weighted by Gasteiger charge is 2.31. The topological polar surface area (TPSA) is 72.2 Å². The van der Waals surface area contributed by atoms with Crippen LogP contribution in [0.2, 0.25) is 0 Å². The molecule has 1 rings (SSSR count). The summed E-state index contributed by atoms with van der Waals surface area (Å²) in [6.07, 6.45) is 0.568. The molecule has 0 aliphatic carbocycles. The lowest BCUT2D eigenvalue weighted by molar-refractivity contribution is 0.344. The maximum absolute atomic E-state index is 13.7. The highest BCUT2D eigenvalue weighted by molar-refractivity contribution is 9.10. The van der Waals surface area contributed by atoms with Crippen molar-refractivity contribution >= 4 is 26.0 Å². The van der Waals surface area contributed by atoms with Crippen molar-refractivity contribution in [3.8, 4) is 0 Å². The van der Waals surface area contributed by atoms with E-state index in [1.807, 2.05) is 13.8 Å². The number of halogens is 2. The van der Waals surface area contributed by atoms with Gasteiger partial charge in [-0.25, -0.2) is 17.5 Å². The Kier molecular flexibility index (Phi) is 5.71. The van der Waals surface area contributed by atoms with Crippen molar-refractivity contribution < 1.29 is 12.8 Å². The largest absolute Gasteiger partial charge is 0.329 e. The molecule has 7 heteroatoms. The third-order valence-corrected chi connectivity index (χ3v) is 5.02. The first kappa shape index (κ1) is 17.6. The van der Waals surface area contributed by atoms with Crippen LogP contribution in [-0.2, 0) is 10.0 Å². The smallest absolute Gasteiger partial charge is 0.244 e. The lowest BCUT2D eigenvalue weighted by Gasteiger charge is -2.30. The highest BCUT2D eigenvalue weighted by Crippen LogP contribution is 2.23. The molecule has 1 atom stereocenters. The van der Waals surface area contributed by atoms with Crippen molar-refractivity contribution in [3.63, 3.8) is 0 Å². The molecule has 1 unspecified atom stereocenters. The predicted molar refractivity (Wildman–Crippen MR) is 81.3 cm³/mol. The zero-order chi connectivity index (χ0) is 15.6. The molecule has 0 heterocycles. The first-order valence-corrected chi connectivity index (χ1v) is 8.56. The molecule has 1 aromatic rings. The summed E-state index contributed by atoms with van der Waals surface area (Å²) in [7, 11) is -3.96.